The first kappa shape index (κ1) is 14.0. The Morgan fingerprint density at radius 2 is 1.78 bits per heavy atom. The lowest BCUT2D eigenvalue weighted by Gasteiger charge is -2.11. The minimum absolute atomic E-state index is 0.472. The molecule has 0 amide bonds. The van der Waals surface area contributed by atoms with Gasteiger partial charge in [-0.1, -0.05) is 46.3 Å². The fourth-order valence-electron chi connectivity index (χ4n) is 2.61. The van der Waals surface area contributed by atoms with Crippen molar-refractivity contribution < 1.29 is 4.74 Å². The molecule has 23 heavy (non-hydrogen) atoms. The van der Waals surface area contributed by atoms with Crippen LogP contribution in [0.2, 0.25) is 0 Å². The number of halogens is 1. The fourth-order valence-corrected chi connectivity index (χ4v) is 2.99. The van der Waals surface area contributed by atoms with E-state index in [-0.39, 0.29) is 0 Å². The van der Waals surface area contributed by atoms with Crippen LogP contribution in [0.15, 0.2) is 65.3 Å². The number of nitrogen functional groups attached to an aromatic ring is 1. The second-order valence-electron chi connectivity index (χ2n) is 5.11. The Balaban J connectivity index is 1.98. The summed E-state index contributed by atoms with van der Waals surface area (Å²) in [5.74, 6) is 1.92. The zero-order chi connectivity index (χ0) is 15.8. The first-order valence-electron chi connectivity index (χ1n) is 7.09. The number of anilines is 1. The van der Waals surface area contributed by atoms with Crippen LogP contribution in [-0.2, 0) is 0 Å². The number of nitrogens with two attached hydrogens (primary N) is 1. The number of aromatic nitrogens is 2. The monoisotopic (exact) mass is 365 g/mol. The molecular weight excluding hydrogens is 354 g/mol. The highest BCUT2D eigenvalue weighted by atomic mass is 79.9. The van der Waals surface area contributed by atoms with Crippen LogP contribution in [0.4, 0.5) is 5.82 Å². The first-order chi connectivity index (χ1) is 11.2. The molecule has 4 nitrogen and oxygen atoms in total. The lowest BCUT2D eigenvalue weighted by atomic mass is 10.1. The highest BCUT2D eigenvalue weighted by molar-refractivity contribution is 9.10. The normalized spacial score (nSPS) is 11.0. The quantitative estimate of drug-likeness (QED) is 0.512. The van der Waals surface area contributed by atoms with Crippen LogP contribution in [-0.4, -0.2) is 9.97 Å². The Morgan fingerprint density at radius 3 is 2.61 bits per heavy atom. The molecule has 0 fully saturated rings. The van der Waals surface area contributed by atoms with Gasteiger partial charge < -0.3 is 10.5 Å². The Morgan fingerprint density at radius 1 is 0.957 bits per heavy atom. The maximum Gasteiger partial charge on any atom is 0.165 e. The van der Waals surface area contributed by atoms with Gasteiger partial charge in [-0.15, -0.1) is 0 Å². The van der Waals surface area contributed by atoms with Gasteiger partial charge in [0, 0.05) is 21.4 Å². The molecule has 0 atom stereocenters. The summed E-state index contributed by atoms with van der Waals surface area (Å²) in [6.07, 6.45) is 1.68. The molecule has 0 aliphatic carbocycles. The van der Waals surface area contributed by atoms with E-state index in [9.17, 15) is 0 Å². The van der Waals surface area contributed by atoms with Crippen LogP contribution in [0.5, 0.6) is 11.5 Å². The summed E-state index contributed by atoms with van der Waals surface area (Å²) in [4.78, 5) is 8.73. The smallest absolute Gasteiger partial charge is 0.165 e. The van der Waals surface area contributed by atoms with Crippen molar-refractivity contribution in [2.24, 2.45) is 0 Å². The van der Waals surface area contributed by atoms with Gasteiger partial charge in [0.1, 0.15) is 17.3 Å². The number of fused-ring (bicyclic) bond motifs is 3. The zero-order valence-electron chi connectivity index (χ0n) is 12.0. The first-order valence-corrected chi connectivity index (χ1v) is 7.88. The molecule has 0 aliphatic rings. The highest BCUT2D eigenvalue weighted by Crippen LogP contribution is 2.35. The van der Waals surface area contributed by atoms with E-state index in [2.05, 4.69) is 25.9 Å². The van der Waals surface area contributed by atoms with E-state index in [0.29, 0.717) is 17.2 Å². The van der Waals surface area contributed by atoms with Gasteiger partial charge >= 0.3 is 0 Å². The van der Waals surface area contributed by atoms with Gasteiger partial charge in [-0.3, -0.25) is 0 Å². The molecule has 5 heteroatoms. The van der Waals surface area contributed by atoms with Crippen molar-refractivity contribution in [3.63, 3.8) is 0 Å². The number of rotatable bonds is 2. The third-order valence-corrected chi connectivity index (χ3v) is 4.11. The largest absolute Gasteiger partial charge is 0.456 e. The van der Waals surface area contributed by atoms with Crippen LogP contribution < -0.4 is 10.5 Å². The number of benzene rings is 2. The van der Waals surface area contributed by atoms with E-state index >= 15 is 0 Å². The third-order valence-electron chi connectivity index (χ3n) is 3.62. The highest BCUT2D eigenvalue weighted by Gasteiger charge is 2.12. The molecule has 0 bridgehead atoms. The maximum atomic E-state index is 6.07. The fraction of sp³-hybridized carbons (Fsp3) is 0. The summed E-state index contributed by atoms with van der Waals surface area (Å²) in [5.41, 5.74) is 6.62. The second kappa shape index (κ2) is 5.52. The molecule has 112 valence electrons. The average molecular weight is 366 g/mol. The molecule has 0 radical (unpaired) electrons. The van der Waals surface area contributed by atoms with E-state index in [1.54, 1.807) is 6.20 Å². The van der Waals surface area contributed by atoms with Gasteiger partial charge in [-0.05, 0) is 24.3 Å². The van der Waals surface area contributed by atoms with Gasteiger partial charge in [-0.2, -0.15) is 0 Å². The van der Waals surface area contributed by atoms with Crippen molar-refractivity contribution in [2.75, 3.05) is 5.73 Å². The molecule has 2 aromatic carbocycles. The van der Waals surface area contributed by atoms with Gasteiger partial charge in [0.05, 0.1) is 5.39 Å². The van der Waals surface area contributed by atoms with Crippen molar-refractivity contribution in [1.82, 2.24) is 9.97 Å². The van der Waals surface area contributed by atoms with Gasteiger partial charge in [0.2, 0.25) is 0 Å². The Bertz CT molecular complexity index is 1030. The molecular formula is C18H12BrN3O. The summed E-state index contributed by atoms with van der Waals surface area (Å²) in [6.45, 7) is 0. The predicted molar refractivity (Wildman–Crippen MR) is 95.7 cm³/mol. The number of hydrogen-bond donors (Lipinski definition) is 1. The molecule has 2 aromatic heterocycles. The number of pyridine rings is 2. The zero-order valence-corrected chi connectivity index (χ0v) is 13.6. The minimum Gasteiger partial charge on any atom is -0.456 e. The molecule has 0 aliphatic heterocycles. The van der Waals surface area contributed by atoms with Crippen molar-refractivity contribution in [3.8, 4) is 11.5 Å². The van der Waals surface area contributed by atoms with Gasteiger partial charge in [0.25, 0.3) is 0 Å². The topological polar surface area (TPSA) is 61.0 Å². The molecule has 4 aromatic rings. The summed E-state index contributed by atoms with van der Waals surface area (Å²) in [6, 6.07) is 17.4. The van der Waals surface area contributed by atoms with Gasteiger partial charge in [0.15, 0.2) is 5.65 Å². The number of ether oxygens (including phenoxy) is 1. The standard InChI is InChI=1S/C18H12BrN3O/c19-11-4-3-5-12(10-11)23-15-8-9-21-18-16(15)13-6-1-2-7-14(13)17(20)22-18/h1-10H,(H2,20,21,22). The molecule has 2 N–H and O–H groups in total. The number of hydrogen-bond acceptors (Lipinski definition) is 4. The Labute approximate surface area is 141 Å². The number of nitrogens with zero attached hydrogens (tertiary/aromatic N) is 2. The lowest BCUT2D eigenvalue weighted by Crippen LogP contribution is -1.96. The SMILES string of the molecule is Nc1nc2nccc(Oc3cccc(Br)c3)c2c2ccccc12. The lowest BCUT2D eigenvalue weighted by molar-refractivity contribution is 0.488. The molecule has 0 saturated heterocycles. The van der Waals surface area contributed by atoms with Crippen molar-refractivity contribution in [1.29, 1.82) is 0 Å². The third kappa shape index (κ3) is 2.49. The van der Waals surface area contributed by atoms with Crippen molar-refractivity contribution in [3.05, 3.63) is 65.3 Å². The molecule has 4 rings (SSSR count). The molecule has 0 saturated carbocycles. The summed E-state index contributed by atoms with van der Waals surface area (Å²) >= 11 is 3.45. The van der Waals surface area contributed by atoms with Crippen LogP contribution in [0.1, 0.15) is 0 Å². The van der Waals surface area contributed by atoms with E-state index in [4.69, 9.17) is 10.5 Å². The minimum atomic E-state index is 0.472. The van der Waals surface area contributed by atoms with Crippen LogP contribution in [0.3, 0.4) is 0 Å². The van der Waals surface area contributed by atoms with E-state index in [0.717, 1.165) is 26.4 Å². The molecule has 0 unspecified atom stereocenters. The summed E-state index contributed by atoms with van der Waals surface area (Å²) in [7, 11) is 0. The second-order valence-corrected chi connectivity index (χ2v) is 6.03. The van der Waals surface area contributed by atoms with Crippen LogP contribution in [0, 0.1) is 0 Å². The van der Waals surface area contributed by atoms with E-state index in [1.165, 1.54) is 0 Å². The summed E-state index contributed by atoms with van der Waals surface area (Å²) in [5, 5.41) is 2.73. The van der Waals surface area contributed by atoms with Crippen LogP contribution >= 0.6 is 15.9 Å². The Kier molecular flexibility index (Phi) is 3.35. The summed E-state index contributed by atoms with van der Waals surface area (Å²) < 4.78 is 7.03. The molecule has 0 spiro atoms. The van der Waals surface area contributed by atoms with E-state index < -0.39 is 0 Å². The van der Waals surface area contributed by atoms with Crippen molar-refractivity contribution >= 4 is 43.6 Å². The van der Waals surface area contributed by atoms with E-state index in [1.807, 2.05) is 54.6 Å². The predicted octanol–water partition coefficient (Wildman–Crippen LogP) is 4.92. The van der Waals surface area contributed by atoms with Crippen molar-refractivity contribution in [2.45, 2.75) is 0 Å². The van der Waals surface area contributed by atoms with Crippen LogP contribution in [0.25, 0.3) is 21.8 Å². The molecule has 2 heterocycles. The maximum absolute atomic E-state index is 6.07. The average Bonchev–Trinajstić information content (AvgIpc) is 2.55. The Hall–Kier alpha value is -2.66. The van der Waals surface area contributed by atoms with Gasteiger partial charge in [-0.25, -0.2) is 9.97 Å².